The normalized spacial score (nSPS) is 14.3. The molecule has 0 spiro atoms. The lowest BCUT2D eigenvalue weighted by Crippen LogP contribution is -2.41. The lowest BCUT2D eigenvalue weighted by Gasteiger charge is -2.25. The maximum Gasteiger partial charge on any atom is 0.241 e. The van der Waals surface area contributed by atoms with Gasteiger partial charge in [0.25, 0.3) is 0 Å². The Bertz CT molecular complexity index is 915. The Balaban J connectivity index is 1.77. The van der Waals surface area contributed by atoms with Gasteiger partial charge in [0.1, 0.15) is 19.8 Å². The first-order valence-electron chi connectivity index (χ1n) is 8.56. The van der Waals surface area contributed by atoms with Gasteiger partial charge in [-0.3, -0.25) is 9.10 Å². The van der Waals surface area contributed by atoms with Gasteiger partial charge < -0.3 is 14.8 Å². The third-order valence-corrected chi connectivity index (χ3v) is 5.32. The van der Waals surface area contributed by atoms with Crippen molar-refractivity contribution in [2.45, 2.75) is 13.0 Å². The Morgan fingerprint density at radius 2 is 1.78 bits per heavy atom. The van der Waals surface area contributed by atoms with Crippen LogP contribution in [0.2, 0.25) is 0 Å². The van der Waals surface area contributed by atoms with E-state index >= 15 is 0 Å². The molecule has 1 atom stereocenters. The average molecular weight is 390 g/mol. The number of benzene rings is 2. The van der Waals surface area contributed by atoms with Crippen LogP contribution in [0.15, 0.2) is 48.5 Å². The van der Waals surface area contributed by atoms with E-state index in [-0.39, 0.29) is 12.6 Å². The number of nitrogens with zero attached hydrogens (tertiary/aromatic N) is 1. The van der Waals surface area contributed by atoms with Crippen LogP contribution in [0, 0.1) is 0 Å². The van der Waals surface area contributed by atoms with E-state index in [0.717, 1.165) is 16.1 Å². The van der Waals surface area contributed by atoms with Gasteiger partial charge in [-0.2, -0.15) is 0 Å². The quantitative estimate of drug-likeness (QED) is 0.817. The number of anilines is 1. The molecule has 2 aromatic carbocycles. The predicted octanol–water partition coefficient (Wildman–Crippen LogP) is 2.10. The minimum Gasteiger partial charge on any atom is -0.486 e. The van der Waals surface area contributed by atoms with Crippen molar-refractivity contribution < 1.29 is 22.7 Å². The van der Waals surface area contributed by atoms with Gasteiger partial charge in [0.2, 0.25) is 15.9 Å². The number of rotatable bonds is 6. The fourth-order valence-corrected chi connectivity index (χ4v) is 3.68. The molecular weight excluding hydrogens is 368 g/mol. The molecule has 0 bridgehead atoms. The second-order valence-corrected chi connectivity index (χ2v) is 8.20. The standard InChI is InChI=1S/C19H22N2O5S/c1-14(15-6-4-3-5-7-15)20-19(22)13-21(27(2,23)24)16-8-9-17-18(12-16)26-11-10-25-17/h3-9,12,14H,10-11,13H2,1-2H3,(H,20,22)/t14-/m0/s1. The highest BCUT2D eigenvalue weighted by Gasteiger charge is 2.24. The number of fused-ring (bicyclic) bond motifs is 1. The molecule has 0 aromatic heterocycles. The summed E-state index contributed by atoms with van der Waals surface area (Å²) >= 11 is 0. The average Bonchev–Trinajstić information content (AvgIpc) is 2.65. The molecular formula is C19H22N2O5S. The van der Waals surface area contributed by atoms with Crippen LogP contribution >= 0.6 is 0 Å². The third kappa shape index (κ3) is 4.71. The molecule has 0 saturated heterocycles. The van der Waals surface area contributed by atoms with Crippen molar-refractivity contribution in [3.05, 3.63) is 54.1 Å². The van der Waals surface area contributed by atoms with Gasteiger partial charge in [0, 0.05) is 6.07 Å². The highest BCUT2D eigenvalue weighted by Crippen LogP contribution is 2.34. The summed E-state index contributed by atoms with van der Waals surface area (Å²) in [7, 11) is -3.66. The first kappa shape index (κ1) is 19.0. The molecule has 0 unspecified atom stereocenters. The molecule has 1 aliphatic heterocycles. The molecule has 1 heterocycles. The summed E-state index contributed by atoms with van der Waals surface area (Å²) in [6.07, 6.45) is 1.07. The predicted molar refractivity (Wildman–Crippen MR) is 103 cm³/mol. The molecule has 0 aliphatic carbocycles. The Morgan fingerprint density at radius 1 is 1.11 bits per heavy atom. The Kier molecular flexibility index (Phi) is 5.55. The van der Waals surface area contributed by atoms with Gasteiger partial charge in [-0.15, -0.1) is 0 Å². The summed E-state index contributed by atoms with van der Waals surface area (Å²) in [6.45, 7) is 2.37. The number of carbonyl (C=O) groups excluding carboxylic acids is 1. The molecule has 8 heteroatoms. The SMILES string of the molecule is C[C@H](NC(=O)CN(c1ccc2c(c1)OCCO2)S(C)(=O)=O)c1ccccc1. The van der Waals surface area contributed by atoms with Gasteiger partial charge in [-0.1, -0.05) is 30.3 Å². The zero-order valence-electron chi connectivity index (χ0n) is 15.2. The van der Waals surface area contributed by atoms with Gasteiger partial charge in [0.15, 0.2) is 11.5 Å². The van der Waals surface area contributed by atoms with Gasteiger partial charge >= 0.3 is 0 Å². The highest BCUT2D eigenvalue weighted by molar-refractivity contribution is 7.92. The summed E-state index contributed by atoms with van der Waals surface area (Å²) in [5, 5.41) is 2.83. The molecule has 0 fully saturated rings. The molecule has 1 N–H and O–H groups in total. The van der Waals surface area contributed by atoms with E-state index in [1.165, 1.54) is 0 Å². The van der Waals surface area contributed by atoms with Crippen LogP contribution in [-0.2, 0) is 14.8 Å². The van der Waals surface area contributed by atoms with Crippen molar-refractivity contribution in [2.75, 3.05) is 30.3 Å². The Hall–Kier alpha value is -2.74. The van der Waals surface area contributed by atoms with E-state index in [0.29, 0.717) is 30.4 Å². The van der Waals surface area contributed by atoms with Gasteiger partial charge in [-0.05, 0) is 24.6 Å². The zero-order valence-corrected chi connectivity index (χ0v) is 16.0. The van der Waals surface area contributed by atoms with Gasteiger partial charge in [-0.25, -0.2) is 8.42 Å². The maximum atomic E-state index is 12.5. The molecule has 1 amide bonds. The van der Waals surface area contributed by atoms with Crippen LogP contribution in [0.3, 0.4) is 0 Å². The van der Waals surface area contributed by atoms with E-state index in [1.54, 1.807) is 18.2 Å². The lowest BCUT2D eigenvalue weighted by atomic mass is 10.1. The van der Waals surface area contributed by atoms with Crippen LogP contribution < -0.4 is 19.1 Å². The topological polar surface area (TPSA) is 84.9 Å². The van der Waals surface area contributed by atoms with Crippen molar-refractivity contribution in [2.24, 2.45) is 0 Å². The first-order valence-corrected chi connectivity index (χ1v) is 10.4. The van der Waals surface area contributed by atoms with Crippen LogP contribution in [0.1, 0.15) is 18.5 Å². The number of carbonyl (C=O) groups is 1. The minimum absolute atomic E-state index is 0.236. The third-order valence-electron chi connectivity index (χ3n) is 4.18. The number of amides is 1. The van der Waals surface area contributed by atoms with Crippen LogP contribution in [0.25, 0.3) is 0 Å². The van der Waals surface area contributed by atoms with Gasteiger partial charge in [0.05, 0.1) is 18.0 Å². The number of ether oxygens (including phenoxy) is 2. The van der Waals surface area contributed by atoms with Crippen molar-refractivity contribution in [3.63, 3.8) is 0 Å². The summed E-state index contributed by atoms with van der Waals surface area (Å²) in [5.74, 6) is 0.623. The minimum atomic E-state index is -3.66. The molecule has 3 rings (SSSR count). The van der Waals surface area contributed by atoms with E-state index in [2.05, 4.69) is 5.32 Å². The monoisotopic (exact) mass is 390 g/mol. The fourth-order valence-electron chi connectivity index (χ4n) is 2.83. The molecule has 1 aliphatic rings. The largest absolute Gasteiger partial charge is 0.486 e. The van der Waals surface area contributed by atoms with E-state index in [4.69, 9.17) is 9.47 Å². The molecule has 27 heavy (non-hydrogen) atoms. The number of nitrogens with one attached hydrogen (secondary N) is 1. The second kappa shape index (κ2) is 7.87. The molecule has 0 saturated carbocycles. The highest BCUT2D eigenvalue weighted by atomic mass is 32.2. The zero-order chi connectivity index (χ0) is 19.4. The Morgan fingerprint density at radius 3 is 2.44 bits per heavy atom. The molecule has 144 valence electrons. The smallest absolute Gasteiger partial charge is 0.241 e. The summed E-state index contributed by atoms with van der Waals surface area (Å²) in [4.78, 5) is 12.5. The van der Waals surface area contributed by atoms with E-state index in [1.807, 2.05) is 37.3 Å². The molecule has 2 aromatic rings. The number of hydrogen-bond donors (Lipinski definition) is 1. The van der Waals surface area contributed by atoms with Crippen molar-refractivity contribution in [1.29, 1.82) is 0 Å². The maximum absolute atomic E-state index is 12.5. The Labute approximate surface area is 158 Å². The number of sulfonamides is 1. The van der Waals surface area contributed by atoms with Crippen LogP contribution in [-0.4, -0.2) is 40.3 Å². The second-order valence-electron chi connectivity index (χ2n) is 6.30. The van der Waals surface area contributed by atoms with Crippen LogP contribution in [0.5, 0.6) is 11.5 Å². The molecule has 0 radical (unpaired) electrons. The van der Waals surface area contributed by atoms with Crippen LogP contribution in [0.4, 0.5) is 5.69 Å². The van der Waals surface area contributed by atoms with Crippen molar-refractivity contribution >= 4 is 21.6 Å². The van der Waals surface area contributed by atoms with E-state index < -0.39 is 15.9 Å². The summed E-state index contributed by atoms with van der Waals surface area (Å²) < 4.78 is 36.5. The first-order chi connectivity index (χ1) is 12.8. The fraction of sp³-hybridized carbons (Fsp3) is 0.316. The van der Waals surface area contributed by atoms with E-state index in [9.17, 15) is 13.2 Å². The molecule has 7 nitrogen and oxygen atoms in total. The lowest BCUT2D eigenvalue weighted by molar-refractivity contribution is -0.120. The van der Waals surface area contributed by atoms with Crippen molar-refractivity contribution in [3.8, 4) is 11.5 Å². The summed E-state index contributed by atoms with van der Waals surface area (Å²) in [6, 6.07) is 14.1. The summed E-state index contributed by atoms with van der Waals surface area (Å²) in [5.41, 5.74) is 1.29. The number of hydrogen-bond acceptors (Lipinski definition) is 5. The van der Waals surface area contributed by atoms with Crippen molar-refractivity contribution in [1.82, 2.24) is 5.32 Å².